The molecule has 2 nitrogen and oxygen atoms in total. The Hall–Kier alpha value is -1.15. The Balaban J connectivity index is 2.60. The number of carbonyl (C=O) groups is 1. The summed E-state index contributed by atoms with van der Waals surface area (Å²) in [5.74, 6) is 0.130. The standard InChI is InChI=1S/C12H17NO/c1-3-12(14)11(13)8-10-6-4-9(2)5-7-10/h4-7,11H,3,8,13H2,1-2H3. The summed E-state index contributed by atoms with van der Waals surface area (Å²) in [5.41, 5.74) is 8.10. The van der Waals surface area contributed by atoms with E-state index in [-0.39, 0.29) is 11.8 Å². The Kier molecular flexibility index (Phi) is 3.84. The molecule has 0 fully saturated rings. The van der Waals surface area contributed by atoms with Gasteiger partial charge in [-0.15, -0.1) is 0 Å². The molecule has 0 aliphatic rings. The van der Waals surface area contributed by atoms with Gasteiger partial charge in [-0.05, 0) is 18.9 Å². The summed E-state index contributed by atoms with van der Waals surface area (Å²) >= 11 is 0. The molecule has 1 aromatic rings. The lowest BCUT2D eigenvalue weighted by molar-refractivity contribution is -0.119. The Morgan fingerprint density at radius 2 is 1.93 bits per heavy atom. The second-order valence-electron chi connectivity index (χ2n) is 3.62. The summed E-state index contributed by atoms with van der Waals surface area (Å²) in [7, 11) is 0. The number of hydrogen-bond acceptors (Lipinski definition) is 2. The molecular weight excluding hydrogens is 174 g/mol. The van der Waals surface area contributed by atoms with E-state index < -0.39 is 0 Å². The molecule has 1 atom stereocenters. The number of rotatable bonds is 4. The number of ketones is 1. The topological polar surface area (TPSA) is 43.1 Å². The molecule has 0 saturated carbocycles. The van der Waals surface area contributed by atoms with Crippen LogP contribution in [0.5, 0.6) is 0 Å². The van der Waals surface area contributed by atoms with Gasteiger partial charge < -0.3 is 5.73 Å². The van der Waals surface area contributed by atoms with Gasteiger partial charge >= 0.3 is 0 Å². The molecule has 2 N–H and O–H groups in total. The molecule has 1 unspecified atom stereocenters. The zero-order valence-electron chi connectivity index (χ0n) is 8.79. The highest BCUT2D eigenvalue weighted by Crippen LogP contribution is 2.06. The van der Waals surface area contributed by atoms with Crippen LogP contribution in [0.3, 0.4) is 0 Å². The number of nitrogens with two attached hydrogens (primary N) is 1. The van der Waals surface area contributed by atoms with Gasteiger partial charge in [0, 0.05) is 6.42 Å². The Morgan fingerprint density at radius 3 is 2.43 bits per heavy atom. The molecule has 0 saturated heterocycles. The third kappa shape index (κ3) is 2.96. The number of benzene rings is 1. The van der Waals surface area contributed by atoms with Crippen LogP contribution in [0.1, 0.15) is 24.5 Å². The minimum absolute atomic E-state index is 0.130. The fraction of sp³-hybridized carbons (Fsp3) is 0.417. The van der Waals surface area contributed by atoms with E-state index in [0.29, 0.717) is 12.8 Å². The van der Waals surface area contributed by atoms with Gasteiger partial charge in [-0.2, -0.15) is 0 Å². The molecule has 1 rings (SSSR count). The zero-order chi connectivity index (χ0) is 10.6. The van der Waals surface area contributed by atoms with Crippen LogP contribution in [0.4, 0.5) is 0 Å². The molecule has 76 valence electrons. The van der Waals surface area contributed by atoms with Crippen LogP contribution in [0, 0.1) is 6.92 Å². The van der Waals surface area contributed by atoms with Gasteiger partial charge in [0.2, 0.25) is 0 Å². The number of Topliss-reactive ketones (excluding diaryl/α,β-unsaturated/α-hetero) is 1. The first kappa shape index (κ1) is 10.9. The summed E-state index contributed by atoms with van der Waals surface area (Å²) in [4.78, 5) is 11.3. The van der Waals surface area contributed by atoms with Crippen molar-refractivity contribution < 1.29 is 4.79 Å². The van der Waals surface area contributed by atoms with Gasteiger partial charge in [-0.3, -0.25) is 4.79 Å². The maximum atomic E-state index is 11.3. The summed E-state index contributed by atoms with van der Waals surface area (Å²) < 4.78 is 0. The monoisotopic (exact) mass is 191 g/mol. The molecule has 0 aliphatic carbocycles. The molecule has 0 bridgehead atoms. The van der Waals surface area contributed by atoms with E-state index in [1.165, 1.54) is 5.56 Å². The predicted molar refractivity (Wildman–Crippen MR) is 58.2 cm³/mol. The van der Waals surface area contributed by atoms with Crippen molar-refractivity contribution in [3.8, 4) is 0 Å². The second kappa shape index (κ2) is 4.91. The number of hydrogen-bond donors (Lipinski definition) is 1. The zero-order valence-corrected chi connectivity index (χ0v) is 8.79. The first-order chi connectivity index (χ1) is 6.63. The Morgan fingerprint density at radius 1 is 1.36 bits per heavy atom. The van der Waals surface area contributed by atoms with Gasteiger partial charge in [0.15, 0.2) is 0 Å². The average Bonchev–Trinajstić information content (AvgIpc) is 2.20. The van der Waals surface area contributed by atoms with E-state index in [9.17, 15) is 4.79 Å². The normalized spacial score (nSPS) is 12.5. The fourth-order valence-electron chi connectivity index (χ4n) is 1.35. The Bertz CT molecular complexity index is 303. The van der Waals surface area contributed by atoms with Gasteiger partial charge in [0.25, 0.3) is 0 Å². The predicted octanol–water partition coefficient (Wildman–Crippen LogP) is 1.84. The third-order valence-corrected chi connectivity index (χ3v) is 2.34. The first-order valence-electron chi connectivity index (χ1n) is 4.97. The molecule has 0 spiro atoms. The summed E-state index contributed by atoms with van der Waals surface area (Å²) in [6.45, 7) is 3.89. The summed E-state index contributed by atoms with van der Waals surface area (Å²) in [6, 6.07) is 7.79. The highest BCUT2D eigenvalue weighted by Gasteiger charge is 2.11. The molecule has 0 radical (unpaired) electrons. The molecule has 2 heteroatoms. The van der Waals surface area contributed by atoms with Crippen LogP contribution >= 0.6 is 0 Å². The lowest BCUT2D eigenvalue weighted by Crippen LogP contribution is -2.32. The van der Waals surface area contributed by atoms with Gasteiger partial charge in [0.05, 0.1) is 6.04 Å². The maximum Gasteiger partial charge on any atom is 0.149 e. The van der Waals surface area contributed by atoms with Crippen molar-refractivity contribution in [2.75, 3.05) is 0 Å². The largest absolute Gasteiger partial charge is 0.321 e. The number of carbonyl (C=O) groups excluding carboxylic acids is 1. The Labute approximate surface area is 85.1 Å². The van der Waals surface area contributed by atoms with Gasteiger partial charge in [-0.1, -0.05) is 36.8 Å². The average molecular weight is 191 g/mol. The van der Waals surface area contributed by atoms with Crippen LogP contribution in [-0.4, -0.2) is 11.8 Å². The van der Waals surface area contributed by atoms with E-state index >= 15 is 0 Å². The molecule has 0 heterocycles. The van der Waals surface area contributed by atoms with E-state index in [1.54, 1.807) is 0 Å². The second-order valence-corrected chi connectivity index (χ2v) is 3.62. The van der Waals surface area contributed by atoms with Crippen molar-refractivity contribution in [3.63, 3.8) is 0 Å². The highest BCUT2D eigenvalue weighted by atomic mass is 16.1. The molecular formula is C12H17NO. The molecule has 0 aliphatic heterocycles. The van der Waals surface area contributed by atoms with Gasteiger partial charge in [-0.25, -0.2) is 0 Å². The molecule has 0 aromatic heterocycles. The number of aryl methyl sites for hydroxylation is 1. The van der Waals surface area contributed by atoms with Crippen molar-refractivity contribution in [1.82, 2.24) is 0 Å². The van der Waals surface area contributed by atoms with Crippen molar-refractivity contribution >= 4 is 5.78 Å². The third-order valence-electron chi connectivity index (χ3n) is 2.34. The van der Waals surface area contributed by atoms with Crippen LogP contribution in [-0.2, 0) is 11.2 Å². The fourth-order valence-corrected chi connectivity index (χ4v) is 1.35. The maximum absolute atomic E-state index is 11.3. The lowest BCUT2D eigenvalue weighted by Gasteiger charge is -2.09. The molecule has 14 heavy (non-hydrogen) atoms. The van der Waals surface area contributed by atoms with E-state index in [0.717, 1.165) is 5.56 Å². The van der Waals surface area contributed by atoms with Crippen molar-refractivity contribution in [2.24, 2.45) is 5.73 Å². The van der Waals surface area contributed by atoms with Crippen LogP contribution < -0.4 is 5.73 Å². The van der Waals surface area contributed by atoms with E-state index in [4.69, 9.17) is 5.73 Å². The van der Waals surface area contributed by atoms with E-state index in [2.05, 4.69) is 0 Å². The highest BCUT2D eigenvalue weighted by molar-refractivity contribution is 5.83. The molecule has 1 aromatic carbocycles. The smallest absolute Gasteiger partial charge is 0.149 e. The van der Waals surface area contributed by atoms with Crippen LogP contribution in [0.15, 0.2) is 24.3 Å². The first-order valence-corrected chi connectivity index (χ1v) is 4.97. The minimum Gasteiger partial charge on any atom is -0.321 e. The van der Waals surface area contributed by atoms with Crippen molar-refractivity contribution in [3.05, 3.63) is 35.4 Å². The SMILES string of the molecule is CCC(=O)C(N)Cc1ccc(C)cc1. The van der Waals surface area contributed by atoms with Crippen molar-refractivity contribution in [2.45, 2.75) is 32.7 Å². The lowest BCUT2D eigenvalue weighted by atomic mass is 10.0. The summed E-state index contributed by atoms with van der Waals surface area (Å²) in [5, 5.41) is 0. The minimum atomic E-state index is -0.345. The van der Waals surface area contributed by atoms with Crippen LogP contribution in [0.25, 0.3) is 0 Å². The molecule has 0 amide bonds. The summed E-state index contributed by atoms with van der Waals surface area (Å²) in [6.07, 6.45) is 1.17. The van der Waals surface area contributed by atoms with Crippen LogP contribution in [0.2, 0.25) is 0 Å². The van der Waals surface area contributed by atoms with E-state index in [1.807, 2.05) is 38.1 Å². The van der Waals surface area contributed by atoms with Gasteiger partial charge in [0.1, 0.15) is 5.78 Å². The van der Waals surface area contributed by atoms with Crippen molar-refractivity contribution in [1.29, 1.82) is 0 Å². The quantitative estimate of drug-likeness (QED) is 0.789.